The molecule has 2 aromatic heterocycles. The number of carbonyl (C=O) groups excluding carboxylic acids is 2. The van der Waals surface area contributed by atoms with Crippen LogP contribution >= 0.6 is 11.6 Å². The zero-order valence-electron chi connectivity index (χ0n) is 18.2. The summed E-state index contributed by atoms with van der Waals surface area (Å²) in [5.41, 5.74) is 1.88. The van der Waals surface area contributed by atoms with Crippen LogP contribution < -0.4 is 0 Å². The van der Waals surface area contributed by atoms with Gasteiger partial charge in [-0.25, -0.2) is 14.2 Å². The number of hydrogen-bond acceptors (Lipinski definition) is 4. The summed E-state index contributed by atoms with van der Waals surface area (Å²) in [7, 11) is 0. The standard InChI is InChI=1S/C24H23ClFN3O3/c1-13(2)32-23(31)17-11-29(22(30)15-8-7-14(26)10-18(15)25)12-24(3,4)19-16-6-5-9-27-21(16)28-20(17)19/h5-11,13H,12H2,1-4H3,(H,27,28). The molecular weight excluding hydrogens is 433 g/mol. The summed E-state index contributed by atoms with van der Waals surface area (Å²) in [6, 6.07) is 7.38. The molecule has 0 aliphatic carbocycles. The third-order valence-corrected chi connectivity index (χ3v) is 5.66. The molecule has 166 valence electrons. The van der Waals surface area contributed by atoms with Gasteiger partial charge in [0, 0.05) is 29.7 Å². The number of nitrogens with one attached hydrogen (secondary N) is 1. The molecule has 3 heterocycles. The van der Waals surface area contributed by atoms with E-state index in [4.69, 9.17) is 16.3 Å². The Morgan fingerprint density at radius 3 is 2.72 bits per heavy atom. The van der Waals surface area contributed by atoms with Crippen LogP contribution in [0.15, 0.2) is 42.7 Å². The Morgan fingerprint density at radius 2 is 2.03 bits per heavy atom. The maximum atomic E-state index is 13.5. The SMILES string of the molecule is CC(C)OC(=O)C1=CN(C(=O)c2ccc(F)cc2Cl)CC(C)(C)c2c1[nH]c1ncccc21. The molecule has 4 rings (SSSR count). The van der Waals surface area contributed by atoms with Gasteiger partial charge in [-0.3, -0.25) is 4.79 Å². The number of carbonyl (C=O) groups is 2. The van der Waals surface area contributed by atoms with Crippen molar-refractivity contribution >= 4 is 40.1 Å². The summed E-state index contributed by atoms with van der Waals surface area (Å²) < 4.78 is 19.0. The summed E-state index contributed by atoms with van der Waals surface area (Å²) in [5, 5.41) is 0.870. The first-order valence-electron chi connectivity index (χ1n) is 10.2. The fourth-order valence-electron chi connectivity index (χ4n) is 4.08. The number of esters is 1. The van der Waals surface area contributed by atoms with Gasteiger partial charge in [0.15, 0.2) is 0 Å². The summed E-state index contributed by atoms with van der Waals surface area (Å²) in [5.74, 6) is -1.53. The van der Waals surface area contributed by atoms with Gasteiger partial charge in [-0.05, 0) is 49.7 Å². The lowest BCUT2D eigenvalue weighted by molar-refractivity contribution is -0.140. The van der Waals surface area contributed by atoms with Crippen molar-refractivity contribution in [2.45, 2.75) is 39.2 Å². The van der Waals surface area contributed by atoms with Gasteiger partial charge in [-0.2, -0.15) is 0 Å². The maximum absolute atomic E-state index is 13.5. The lowest BCUT2D eigenvalue weighted by Gasteiger charge is -2.29. The van der Waals surface area contributed by atoms with E-state index in [1.807, 2.05) is 26.0 Å². The molecule has 0 bridgehead atoms. The minimum Gasteiger partial charge on any atom is -0.459 e. The predicted molar refractivity (Wildman–Crippen MR) is 121 cm³/mol. The van der Waals surface area contributed by atoms with E-state index >= 15 is 0 Å². The maximum Gasteiger partial charge on any atom is 0.342 e. The molecule has 0 radical (unpaired) electrons. The summed E-state index contributed by atoms with van der Waals surface area (Å²) in [6.07, 6.45) is 2.81. The van der Waals surface area contributed by atoms with Crippen molar-refractivity contribution in [1.29, 1.82) is 0 Å². The number of nitrogens with zero attached hydrogens (tertiary/aromatic N) is 2. The Labute approximate surface area is 190 Å². The topological polar surface area (TPSA) is 75.3 Å². The van der Waals surface area contributed by atoms with Crippen LogP contribution in [-0.4, -0.2) is 39.4 Å². The first-order chi connectivity index (χ1) is 15.1. The summed E-state index contributed by atoms with van der Waals surface area (Å²) in [6.45, 7) is 7.75. The second kappa shape index (κ2) is 8.06. The van der Waals surface area contributed by atoms with Crippen molar-refractivity contribution in [2.75, 3.05) is 6.54 Å². The van der Waals surface area contributed by atoms with E-state index in [0.29, 0.717) is 11.3 Å². The lowest BCUT2D eigenvalue weighted by Crippen LogP contribution is -2.37. The Balaban J connectivity index is 1.90. The van der Waals surface area contributed by atoms with Crippen molar-refractivity contribution in [2.24, 2.45) is 0 Å². The molecule has 0 saturated carbocycles. The predicted octanol–water partition coefficient (Wildman–Crippen LogP) is 5.08. The highest BCUT2D eigenvalue weighted by atomic mass is 35.5. The molecule has 32 heavy (non-hydrogen) atoms. The zero-order valence-corrected chi connectivity index (χ0v) is 19.0. The van der Waals surface area contributed by atoms with Gasteiger partial charge in [0.2, 0.25) is 0 Å². The number of hydrogen-bond donors (Lipinski definition) is 1. The zero-order chi connectivity index (χ0) is 23.2. The second-order valence-electron chi connectivity index (χ2n) is 8.71. The third-order valence-electron chi connectivity index (χ3n) is 5.35. The number of amides is 1. The van der Waals surface area contributed by atoms with Gasteiger partial charge in [-0.15, -0.1) is 0 Å². The van der Waals surface area contributed by atoms with Gasteiger partial charge in [0.1, 0.15) is 11.5 Å². The van der Waals surface area contributed by atoms with Gasteiger partial charge < -0.3 is 14.6 Å². The van der Waals surface area contributed by atoms with E-state index in [-0.39, 0.29) is 28.8 Å². The van der Waals surface area contributed by atoms with Crippen LogP contribution in [0.3, 0.4) is 0 Å². The summed E-state index contributed by atoms with van der Waals surface area (Å²) >= 11 is 6.16. The molecule has 0 atom stereocenters. The fraction of sp³-hybridized carbons (Fsp3) is 0.292. The van der Waals surface area contributed by atoms with Gasteiger partial charge >= 0.3 is 5.97 Å². The monoisotopic (exact) mass is 455 g/mol. The van der Waals surface area contributed by atoms with Gasteiger partial charge in [0.05, 0.1) is 28.0 Å². The normalized spacial score (nSPS) is 15.3. The fourth-order valence-corrected chi connectivity index (χ4v) is 4.33. The van der Waals surface area contributed by atoms with Crippen LogP contribution in [-0.2, 0) is 14.9 Å². The first kappa shape index (κ1) is 22.0. The average Bonchev–Trinajstić information content (AvgIpc) is 3.04. The average molecular weight is 456 g/mol. The van der Waals surface area contributed by atoms with E-state index in [0.717, 1.165) is 17.0 Å². The number of H-pyrrole nitrogens is 1. The Morgan fingerprint density at radius 1 is 1.28 bits per heavy atom. The Hall–Kier alpha value is -3.19. The minimum absolute atomic E-state index is 0.00457. The van der Waals surface area contributed by atoms with Crippen molar-refractivity contribution < 1.29 is 18.7 Å². The third kappa shape index (κ3) is 3.88. The van der Waals surface area contributed by atoms with Crippen LogP contribution in [0.2, 0.25) is 5.02 Å². The number of benzene rings is 1. The Bertz CT molecular complexity index is 1260. The Kier molecular flexibility index (Phi) is 5.54. The molecule has 3 aromatic rings. The lowest BCUT2D eigenvalue weighted by atomic mass is 9.82. The largest absolute Gasteiger partial charge is 0.459 e. The molecule has 1 amide bonds. The molecular formula is C24H23ClFN3O3. The number of aromatic amines is 1. The molecule has 0 spiro atoms. The molecule has 1 aliphatic rings. The number of ether oxygens (including phenoxy) is 1. The number of pyridine rings is 1. The molecule has 0 unspecified atom stereocenters. The number of fused-ring (bicyclic) bond motifs is 3. The molecule has 0 saturated heterocycles. The molecule has 1 N–H and O–H groups in total. The van der Waals surface area contributed by atoms with Crippen LogP contribution in [0.1, 0.15) is 49.3 Å². The van der Waals surface area contributed by atoms with E-state index in [9.17, 15) is 14.0 Å². The highest BCUT2D eigenvalue weighted by Gasteiger charge is 2.38. The molecule has 8 heteroatoms. The van der Waals surface area contributed by atoms with E-state index in [2.05, 4.69) is 9.97 Å². The van der Waals surface area contributed by atoms with Crippen LogP contribution in [0.4, 0.5) is 4.39 Å². The summed E-state index contributed by atoms with van der Waals surface area (Å²) in [4.78, 5) is 35.5. The van der Waals surface area contributed by atoms with Crippen LogP contribution in [0.25, 0.3) is 16.6 Å². The van der Waals surface area contributed by atoms with Crippen LogP contribution in [0.5, 0.6) is 0 Å². The molecule has 0 fully saturated rings. The second-order valence-corrected chi connectivity index (χ2v) is 9.12. The first-order valence-corrected chi connectivity index (χ1v) is 10.6. The molecule has 1 aliphatic heterocycles. The van der Waals surface area contributed by atoms with Gasteiger partial charge in [0.25, 0.3) is 5.91 Å². The van der Waals surface area contributed by atoms with Gasteiger partial charge in [-0.1, -0.05) is 25.4 Å². The smallest absolute Gasteiger partial charge is 0.342 e. The highest BCUT2D eigenvalue weighted by molar-refractivity contribution is 6.34. The van der Waals surface area contributed by atoms with Crippen LogP contribution in [0, 0.1) is 5.82 Å². The van der Waals surface area contributed by atoms with Crippen molar-refractivity contribution in [3.05, 3.63) is 70.4 Å². The number of aromatic nitrogens is 2. The van der Waals surface area contributed by atoms with E-state index in [1.54, 1.807) is 20.0 Å². The van der Waals surface area contributed by atoms with Crippen molar-refractivity contribution in [3.63, 3.8) is 0 Å². The quantitative estimate of drug-likeness (QED) is 0.559. The highest BCUT2D eigenvalue weighted by Crippen LogP contribution is 2.40. The molecule has 6 nitrogen and oxygen atoms in total. The van der Waals surface area contributed by atoms with Crippen molar-refractivity contribution in [3.8, 4) is 0 Å². The molecule has 1 aromatic carbocycles. The van der Waals surface area contributed by atoms with Crippen molar-refractivity contribution in [1.82, 2.24) is 14.9 Å². The number of halogens is 2. The minimum atomic E-state index is -0.562. The van der Waals surface area contributed by atoms with E-state index in [1.165, 1.54) is 23.2 Å². The van der Waals surface area contributed by atoms with E-state index < -0.39 is 23.1 Å². The number of rotatable bonds is 3.